The van der Waals surface area contributed by atoms with E-state index in [0.29, 0.717) is 11.5 Å². The summed E-state index contributed by atoms with van der Waals surface area (Å²) in [4.78, 5) is 28.0. The van der Waals surface area contributed by atoms with Crippen LogP contribution in [-0.4, -0.2) is 40.7 Å². The number of aromatic nitrogens is 1. The predicted molar refractivity (Wildman–Crippen MR) is 69.5 cm³/mol. The summed E-state index contributed by atoms with van der Waals surface area (Å²) in [5.74, 6) is -1.22. The first-order chi connectivity index (χ1) is 8.94. The number of thiazole rings is 1. The van der Waals surface area contributed by atoms with Gasteiger partial charge >= 0.3 is 5.97 Å². The van der Waals surface area contributed by atoms with Gasteiger partial charge in [-0.25, -0.2) is 9.78 Å². The summed E-state index contributed by atoms with van der Waals surface area (Å²) in [5, 5.41) is 12.7. The Hall–Kier alpha value is -1.47. The van der Waals surface area contributed by atoms with Gasteiger partial charge in [-0.15, -0.1) is 11.3 Å². The highest BCUT2D eigenvalue weighted by Crippen LogP contribution is 2.23. The number of rotatable bonds is 4. The minimum absolute atomic E-state index is 0.00388. The molecule has 1 aliphatic rings. The number of nitrogens with zero attached hydrogens (tertiary/aromatic N) is 1. The quantitative estimate of drug-likeness (QED) is 0.868. The molecule has 0 aromatic carbocycles. The average molecular weight is 284 g/mol. The largest absolute Gasteiger partial charge is 0.479 e. The first kappa shape index (κ1) is 14.0. The van der Waals surface area contributed by atoms with Crippen LogP contribution >= 0.6 is 11.3 Å². The molecule has 1 aromatic rings. The van der Waals surface area contributed by atoms with Gasteiger partial charge in [-0.1, -0.05) is 13.8 Å². The lowest BCUT2D eigenvalue weighted by Crippen LogP contribution is -2.55. The van der Waals surface area contributed by atoms with E-state index in [-0.39, 0.29) is 18.9 Å². The van der Waals surface area contributed by atoms with Crippen molar-refractivity contribution in [3.63, 3.8) is 0 Å². The number of ether oxygens (including phenoxy) is 1. The van der Waals surface area contributed by atoms with Crippen molar-refractivity contribution in [2.45, 2.75) is 31.7 Å². The third-order valence-electron chi connectivity index (χ3n) is 3.03. The zero-order chi connectivity index (χ0) is 14.0. The molecule has 1 unspecified atom stereocenters. The third kappa shape index (κ3) is 2.76. The average Bonchev–Trinajstić information content (AvgIpc) is 2.97. The zero-order valence-corrected chi connectivity index (χ0v) is 11.6. The number of carbonyl (C=O) groups excluding carboxylic acids is 1. The fourth-order valence-corrected chi connectivity index (χ4v) is 2.64. The maximum absolute atomic E-state index is 12.1. The van der Waals surface area contributed by atoms with E-state index in [1.165, 1.54) is 17.5 Å². The van der Waals surface area contributed by atoms with Gasteiger partial charge in [-0.2, -0.15) is 0 Å². The van der Waals surface area contributed by atoms with Crippen molar-refractivity contribution in [2.75, 3.05) is 13.2 Å². The molecular weight excluding hydrogens is 268 g/mol. The summed E-state index contributed by atoms with van der Waals surface area (Å²) in [6.45, 7) is 4.32. The van der Waals surface area contributed by atoms with Gasteiger partial charge in [0.2, 0.25) is 0 Å². The highest BCUT2D eigenvalue weighted by molar-refractivity contribution is 7.13. The minimum atomic E-state index is -1.31. The highest BCUT2D eigenvalue weighted by Gasteiger charge is 2.44. The molecule has 1 amide bonds. The normalized spacial score (nSPS) is 22.7. The molecule has 1 saturated heterocycles. The smallest absolute Gasteiger partial charge is 0.331 e. The summed E-state index contributed by atoms with van der Waals surface area (Å²) in [5.41, 5.74) is -1.31. The lowest BCUT2D eigenvalue weighted by molar-refractivity contribution is -0.144. The summed E-state index contributed by atoms with van der Waals surface area (Å²) < 4.78 is 5.09. The molecule has 0 aliphatic carbocycles. The van der Waals surface area contributed by atoms with Gasteiger partial charge in [-0.05, 0) is 0 Å². The van der Waals surface area contributed by atoms with Crippen LogP contribution in [0.15, 0.2) is 6.20 Å². The van der Waals surface area contributed by atoms with Gasteiger partial charge in [-0.3, -0.25) is 4.79 Å². The molecule has 1 aromatic heterocycles. The number of hydrogen-bond acceptors (Lipinski definition) is 5. The lowest BCUT2D eigenvalue weighted by atomic mass is 9.99. The van der Waals surface area contributed by atoms with E-state index in [1.807, 2.05) is 13.8 Å². The van der Waals surface area contributed by atoms with Crippen molar-refractivity contribution in [1.82, 2.24) is 10.3 Å². The summed E-state index contributed by atoms with van der Waals surface area (Å²) in [6, 6.07) is 0. The molecule has 0 radical (unpaired) electrons. The molecule has 2 rings (SSSR count). The molecule has 0 bridgehead atoms. The van der Waals surface area contributed by atoms with Crippen LogP contribution in [-0.2, 0) is 9.53 Å². The summed E-state index contributed by atoms with van der Waals surface area (Å²) in [7, 11) is 0. The van der Waals surface area contributed by atoms with Crippen LogP contribution in [0.25, 0.3) is 0 Å². The Labute approximate surface area is 114 Å². The summed E-state index contributed by atoms with van der Waals surface area (Å²) in [6.07, 6.45) is 1.77. The van der Waals surface area contributed by atoms with Crippen molar-refractivity contribution in [3.05, 3.63) is 16.1 Å². The van der Waals surface area contributed by atoms with E-state index in [9.17, 15) is 14.7 Å². The van der Waals surface area contributed by atoms with E-state index in [0.717, 1.165) is 5.01 Å². The van der Waals surface area contributed by atoms with Crippen LogP contribution in [0.3, 0.4) is 0 Å². The molecule has 2 N–H and O–H groups in total. The Morgan fingerprint density at radius 2 is 2.32 bits per heavy atom. The number of hydrogen-bond donors (Lipinski definition) is 2. The molecule has 1 aliphatic heterocycles. The molecule has 1 atom stereocenters. The molecule has 104 valence electrons. The Morgan fingerprint density at radius 1 is 1.58 bits per heavy atom. The maximum atomic E-state index is 12.1. The van der Waals surface area contributed by atoms with Crippen LogP contribution in [0.5, 0.6) is 0 Å². The van der Waals surface area contributed by atoms with Gasteiger partial charge in [0.15, 0.2) is 5.54 Å². The second-order valence-corrected chi connectivity index (χ2v) is 5.92. The fourth-order valence-electron chi connectivity index (χ4n) is 1.82. The first-order valence-corrected chi connectivity index (χ1v) is 6.85. The van der Waals surface area contributed by atoms with Crippen molar-refractivity contribution in [3.8, 4) is 0 Å². The predicted octanol–water partition coefficient (Wildman–Crippen LogP) is 1.24. The van der Waals surface area contributed by atoms with E-state index >= 15 is 0 Å². The van der Waals surface area contributed by atoms with Crippen LogP contribution < -0.4 is 5.32 Å². The van der Waals surface area contributed by atoms with E-state index < -0.39 is 17.4 Å². The number of nitrogens with one attached hydrogen (secondary N) is 1. The number of carbonyl (C=O) groups is 2. The Morgan fingerprint density at radius 3 is 2.79 bits per heavy atom. The van der Waals surface area contributed by atoms with Gasteiger partial charge < -0.3 is 15.2 Å². The topological polar surface area (TPSA) is 88.5 Å². The molecule has 2 heterocycles. The molecule has 6 nitrogen and oxygen atoms in total. The van der Waals surface area contributed by atoms with Gasteiger partial charge in [0.05, 0.1) is 17.8 Å². The lowest BCUT2D eigenvalue weighted by Gasteiger charge is -2.23. The van der Waals surface area contributed by atoms with Crippen LogP contribution in [0.4, 0.5) is 0 Å². The highest BCUT2D eigenvalue weighted by atomic mass is 32.1. The monoisotopic (exact) mass is 284 g/mol. The van der Waals surface area contributed by atoms with Gasteiger partial charge in [0, 0.05) is 18.9 Å². The Bertz CT molecular complexity index is 492. The molecule has 7 heteroatoms. The van der Waals surface area contributed by atoms with Crippen LogP contribution in [0.2, 0.25) is 0 Å². The van der Waals surface area contributed by atoms with Crippen molar-refractivity contribution >= 4 is 23.2 Å². The zero-order valence-electron chi connectivity index (χ0n) is 10.8. The van der Waals surface area contributed by atoms with Gasteiger partial charge in [0.25, 0.3) is 5.91 Å². The maximum Gasteiger partial charge on any atom is 0.331 e. The summed E-state index contributed by atoms with van der Waals surface area (Å²) >= 11 is 1.29. The molecule has 19 heavy (non-hydrogen) atoms. The Kier molecular flexibility index (Phi) is 3.86. The third-order valence-corrected chi connectivity index (χ3v) is 4.32. The van der Waals surface area contributed by atoms with Crippen LogP contribution in [0, 0.1) is 0 Å². The molecule has 0 spiro atoms. The van der Waals surface area contributed by atoms with Crippen LogP contribution in [0.1, 0.15) is 40.9 Å². The number of carboxylic acids is 1. The molecular formula is C12H16N2O4S. The van der Waals surface area contributed by atoms with Crippen molar-refractivity contribution < 1.29 is 19.4 Å². The minimum Gasteiger partial charge on any atom is -0.479 e. The SMILES string of the molecule is CC(C)c1ncc(C(=O)NC2(C(=O)O)CCOC2)s1. The standard InChI is InChI=1S/C12H16N2O4S/c1-7(2)10-13-5-8(19-10)9(15)14-12(11(16)17)3-4-18-6-12/h5,7H,3-4,6H2,1-2H3,(H,14,15)(H,16,17). The first-order valence-electron chi connectivity index (χ1n) is 6.04. The van der Waals surface area contributed by atoms with Gasteiger partial charge in [0.1, 0.15) is 4.88 Å². The second-order valence-electron chi connectivity index (χ2n) is 4.86. The fraction of sp³-hybridized carbons (Fsp3) is 0.583. The van der Waals surface area contributed by atoms with E-state index in [2.05, 4.69) is 10.3 Å². The molecule has 1 fully saturated rings. The second kappa shape index (κ2) is 5.26. The van der Waals surface area contributed by atoms with E-state index in [1.54, 1.807) is 0 Å². The number of amides is 1. The number of carboxylic acid groups (broad SMARTS) is 1. The van der Waals surface area contributed by atoms with Crippen molar-refractivity contribution in [1.29, 1.82) is 0 Å². The molecule has 0 saturated carbocycles. The van der Waals surface area contributed by atoms with Crippen molar-refractivity contribution in [2.24, 2.45) is 0 Å². The number of aliphatic carboxylic acids is 1. The van der Waals surface area contributed by atoms with E-state index in [4.69, 9.17) is 4.74 Å². The Balaban J connectivity index is 2.13.